The SMILES string of the molecule is O[C@@H]1[C@@H](O)[C@@H](O)O[C@H](/C=C\[C@@H]2O[C@H](COCc3ccccc3)[C@H](OCc3ccccc3)[C@H](OCc3ccccc3)[C@H]2OCc2ccccc2)[C@@H]1O. The minimum absolute atomic E-state index is 0.168. The highest BCUT2D eigenvalue weighted by molar-refractivity contribution is 5.17. The predicted octanol–water partition coefficient (Wildman–Crippen LogP) is 4.08. The Morgan fingerprint density at radius 2 is 0.882 bits per heavy atom. The Balaban J connectivity index is 1.32. The van der Waals surface area contributed by atoms with Crippen molar-refractivity contribution in [2.24, 2.45) is 0 Å². The molecule has 4 aromatic carbocycles. The maximum Gasteiger partial charge on any atom is 0.184 e. The number of aliphatic hydroxyl groups excluding tert-OH is 4. The van der Waals surface area contributed by atoms with Crippen LogP contribution in [0.15, 0.2) is 133 Å². The largest absolute Gasteiger partial charge is 0.387 e. The van der Waals surface area contributed by atoms with E-state index in [4.69, 9.17) is 28.4 Å². The van der Waals surface area contributed by atoms with Crippen molar-refractivity contribution in [2.45, 2.75) is 87.7 Å². The average molecular weight is 699 g/mol. The molecular formula is C41H46O10. The Bertz CT molecular complexity index is 1590. The Morgan fingerprint density at radius 3 is 1.39 bits per heavy atom. The lowest BCUT2D eigenvalue weighted by Crippen LogP contribution is -2.61. The molecule has 10 atom stereocenters. The van der Waals surface area contributed by atoms with E-state index < -0.39 is 61.2 Å². The number of hydrogen-bond acceptors (Lipinski definition) is 10. The zero-order valence-electron chi connectivity index (χ0n) is 28.2. The van der Waals surface area contributed by atoms with Crippen molar-refractivity contribution in [3.05, 3.63) is 156 Å². The van der Waals surface area contributed by atoms with Gasteiger partial charge in [-0.2, -0.15) is 0 Å². The Kier molecular flexibility index (Phi) is 13.5. The van der Waals surface area contributed by atoms with Gasteiger partial charge in [0.15, 0.2) is 6.29 Å². The maximum absolute atomic E-state index is 10.7. The first-order valence-corrected chi connectivity index (χ1v) is 17.3. The van der Waals surface area contributed by atoms with Crippen molar-refractivity contribution in [1.82, 2.24) is 0 Å². The number of hydrogen-bond donors (Lipinski definition) is 4. The molecule has 6 rings (SSSR count). The molecule has 2 heterocycles. The number of ether oxygens (including phenoxy) is 6. The molecule has 4 aromatic rings. The predicted molar refractivity (Wildman–Crippen MR) is 188 cm³/mol. The zero-order chi connectivity index (χ0) is 35.4. The van der Waals surface area contributed by atoms with Crippen LogP contribution in [0.5, 0.6) is 0 Å². The van der Waals surface area contributed by atoms with Crippen molar-refractivity contribution in [2.75, 3.05) is 6.61 Å². The summed E-state index contributed by atoms with van der Waals surface area (Å²) >= 11 is 0. The smallest absolute Gasteiger partial charge is 0.184 e. The van der Waals surface area contributed by atoms with Crippen LogP contribution in [-0.4, -0.2) is 88.3 Å². The van der Waals surface area contributed by atoms with Crippen LogP contribution in [-0.2, 0) is 54.8 Å². The fourth-order valence-corrected chi connectivity index (χ4v) is 6.25. The van der Waals surface area contributed by atoms with Crippen LogP contribution < -0.4 is 0 Å². The second-order valence-corrected chi connectivity index (χ2v) is 12.8. The zero-order valence-corrected chi connectivity index (χ0v) is 28.2. The van der Waals surface area contributed by atoms with Gasteiger partial charge in [-0.05, 0) is 22.3 Å². The van der Waals surface area contributed by atoms with Gasteiger partial charge in [-0.15, -0.1) is 0 Å². The van der Waals surface area contributed by atoms with Gasteiger partial charge in [0.25, 0.3) is 0 Å². The summed E-state index contributed by atoms with van der Waals surface area (Å²) in [6, 6.07) is 39.3. The normalized spacial score (nSPS) is 29.6. The summed E-state index contributed by atoms with van der Waals surface area (Å²) in [5.41, 5.74) is 3.91. The van der Waals surface area contributed by atoms with Gasteiger partial charge in [0.05, 0.1) is 33.0 Å². The van der Waals surface area contributed by atoms with Crippen molar-refractivity contribution < 1.29 is 48.8 Å². The quantitative estimate of drug-likeness (QED) is 0.135. The lowest BCUT2D eigenvalue weighted by atomic mass is 9.92. The van der Waals surface area contributed by atoms with E-state index in [9.17, 15) is 20.4 Å². The molecule has 0 bridgehead atoms. The maximum atomic E-state index is 10.7. The Morgan fingerprint density at radius 1 is 0.451 bits per heavy atom. The fraction of sp³-hybridized carbons (Fsp3) is 0.366. The van der Waals surface area contributed by atoms with E-state index in [1.807, 2.05) is 121 Å². The molecule has 0 aliphatic carbocycles. The molecule has 10 nitrogen and oxygen atoms in total. The standard InChI is InChI=1S/C41H46O10/c42-35-32(51-41(45)37(44)36(35)43)21-22-33-38(47-24-29-15-7-2-8-16-29)40(49-26-31-19-11-4-12-20-31)39(48-25-30-17-9-3-10-18-30)34(50-33)27-46-23-28-13-5-1-6-14-28/h1-22,32-45H,23-27H2/b22-21-/t32-,33+,34-,35+,36+,37-,38+,39+,40-,41+/m1/s1. The highest BCUT2D eigenvalue weighted by atomic mass is 16.6. The highest BCUT2D eigenvalue weighted by Crippen LogP contribution is 2.32. The molecule has 2 fully saturated rings. The van der Waals surface area contributed by atoms with E-state index in [1.165, 1.54) is 6.08 Å². The summed E-state index contributed by atoms with van der Waals surface area (Å²) in [6.45, 7) is 1.34. The molecule has 51 heavy (non-hydrogen) atoms. The van der Waals surface area contributed by atoms with Gasteiger partial charge in [-0.25, -0.2) is 0 Å². The molecule has 4 N–H and O–H groups in total. The molecule has 0 aromatic heterocycles. The van der Waals surface area contributed by atoms with Crippen LogP contribution >= 0.6 is 0 Å². The number of rotatable bonds is 15. The van der Waals surface area contributed by atoms with Crippen LogP contribution in [0, 0.1) is 0 Å². The molecule has 270 valence electrons. The molecule has 0 amide bonds. The molecule has 0 unspecified atom stereocenters. The third kappa shape index (κ3) is 10.2. The lowest BCUT2D eigenvalue weighted by Gasteiger charge is -2.46. The molecule has 2 aliphatic heterocycles. The molecule has 2 saturated heterocycles. The van der Waals surface area contributed by atoms with Gasteiger partial charge in [-0.1, -0.05) is 133 Å². The summed E-state index contributed by atoms with van der Waals surface area (Å²) in [7, 11) is 0. The van der Waals surface area contributed by atoms with Crippen molar-refractivity contribution in [3.63, 3.8) is 0 Å². The Hall–Kier alpha value is -3.78. The molecule has 10 heteroatoms. The summed E-state index contributed by atoms with van der Waals surface area (Å²) in [4.78, 5) is 0. The van der Waals surface area contributed by atoms with E-state index in [-0.39, 0.29) is 19.8 Å². The summed E-state index contributed by atoms with van der Waals surface area (Å²) in [6.07, 6.45) is -7.82. The van der Waals surface area contributed by atoms with E-state index in [2.05, 4.69) is 0 Å². The van der Waals surface area contributed by atoms with Crippen LogP contribution in [0.1, 0.15) is 22.3 Å². The summed E-state index contributed by atoms with van der Waals surface area (Å²) < 4.78 is 38.5. The molecule has 2 aliphatic rings. The average Bonchev–Trinajstić information content (AvgIpc) is 3.17. The minimum atomic E-state index is -1.69. The topological polar surface area (TPSA) is 136 Å². The molecule has 0 spiro atoms. The fourth-order valence-electron chi connectivity index (χ4n) is 6.25. The highest BCUT2D eigenvalue weighted by Gasteiger charge is 2.48. The van der Waals surface area contributed by atoms with Crippen molar-refractivity contribution >= 4 is 0 Å². The molecular weight excluding hydrogens is 652 g/mol. The van der Waals surface area contributed by atoms with Gasteiger partial charge >= 0.3 is 0 Å². The van der Waals surface area contributed by atoms with Crippen LogP contribution in [0.3, 0.4) is 0 Å². The van der Waals surface area contributed by atoms with E-state index in [0.29, 0.717) is 13.2 Å². The first-order valence-electron chi connectivity index (χ1n) is 17.3. The summed E-state index contributed by atoms with van der Waals surface area (Å²) in [5, 5.41) is 41.3. The second-order valence-electron chi connectivity index (χ2n) is 12.8. The molecule has 0 radical (unpaired) electrons. The van der Waals surface area contributed by atoms with Gasteiger partial charge in [0.1, 0.15) is 54.9 Å². The Labute approximate surface area is 298 Å². The van der Waals surface area contributed by atoms with Gasteiger partial charge in [0, 0.05) is 0 Å². The van der Waals surface area contributed by atoms with Gasteiger partial charge in [0.2, 0.25) is 0 Å². The monoisotopic (exact) mass is 698 g/mol. The van der Waals surface area contributed by atoms with Crippen LogP contribution in [0.4, 0.5) is 0 Å². The third-order valence-corrected chi connectivity index (χ3v) is 9.03. The van der Waals surface area contributed by atoms with Crippen molar-refractivity contribution in [1.29, 1.82) is 0 Å². The third-order valence-electron chi connectivity index (χ3n) is 9.03. The van der Waals surface area contributed by atoms with Crippen molar-refractivity contribution in [3.8, 4) is 0 Å². The number of benzene rings is 4. The second kappa shape index (κ2) is 18.6. The van der Waals surface area contributed by atoms with Gasteiger partial charge in [-0.3, -0.25) is 0 Å². The minimum Gasteiger partial charge on any atom is -0.387 e. The first kappa shape index (κ1) is 37.0. The first-order chi connectivity index (χ1) is 25.0. The molecule has 0 saturated carbocycles. The lowest BCUT2D eigenvalue weighted by molar-refractivity contribution is -0.272. The number of aliphatic hydroxyl groups is 4. The summed E-state index contributed by atoms with van der Waals surface area (Å²) in [5.74, 6) is 0. The van der Waals surface area contributed by atoms with Crippen LogP contribution in [0.2, 0.25) is 0 Å². The van der Waals surface area contributed by atoms with Gasteiger partial charge < -0.3 is 48.8 Å². The van der Waals surface area contributed by atoms with E-state index in [0.717, 1.165) is 22.3 Å². The van der Waals surface area contributed by atoms with E-state index >= 15 is 0 Å². The van der Waals surface area contributed by atoms with Crippen LogP contribution in [0.25, 0.3) is 0 Å². The van der Waals surface area contributed by atoms with E-state index in [1.54, 1.807) is 6.08 Å².